The lowest BCUT2D eigenvalue weighted by Crippen LogP contribution is -2.39. The predicted octanol–water partition coefficient (Wildman–Crippen LogP) is 3.63. The summed E-state index contributed by atoms with van der Waals surface area (Å²) in [6.07, 6.45) is 0.807. The molecule has 1 atom stereocenters. The maximum absolute atomic E-state index is 12.9. The van der Waals surface area contributed by atoms with E-state index in [1.165, 1.54) is 0 Å². The fourth-order valence-corrected chi connectivity index (χ4v) is 5.13. The molecule has 0 radical (unpaired) electrons. The minimum Gasteiger partial charge on any atom is -0.338 e. The molecular formula is C16H19ClN2O3S2. The van der Waals surface area contributed by atoms with E-state index in [2.05, 4.69) is 10.6 Å². The largest absolute Gasteiger partial charge is 0.338 e. The van der Waals surface area contributed by atoms with Crippen molar-refractivity contribution in [2.75, 3.05) is 13.1 Å². The molecule has 0 aliphatic rings. The number of hydrogen-bond donors (Lipinski definition) is 2. The quantitative estimate of drug-likeness (QED) is 0.762. The molecule has 2 aromatic rings. The molecule has 130 valence electrons. The van der Waals surface area contributed by atoms with Crippen LogP contribution < -0.4 is 10.6 Å². The van der Waals surface area contributed by atoms with Crippen molar-refractivity contribution in [1.82, 2.24) is 10.6 Å². The third-order valence-corrected chi connectivity index (χ3v) is 7.16. The molecule has 0 spiro atoms. The van der Waals surface area contributed by atoms with Gasteiger partial charge in [-0.15, -0.1) is 11.3 Å². The number of rotatable bonds is 7. The summed E-state index contributed by atoms with van der Waals surface area (Å²) in [7, 11) is -3.61. The molecular weight excluding hydrogens is 368 g/mol. The number of hydrogen-bond acceptors (Lipinski definition) is 4. The Morgan fingerprint density at radius 1 is 1.21 bits per heavy atom. The number of urea groups is 1. The van der Waals surface area contributed by atoms with E-state index in [9.17, 15) is 13.2 Å². The molecule has 0 saturated heterocycles. The lowest BCUT2D eigenvalue weighted by atomic mass is 10.1. The predicted molar refractivity (Wildman–Crippen MR) is 97.4 cm³/mol. The van der Waals surface area contributed by atoms with Crippen LogP contribution in [0, 0.1) is 0 Å². The Morgan fingerprint density at radius 3 is 2.50 bits per heavy atom. The number of nitrogens with one attached hydrogen (secondary N) is 2. The molecule has 1 aromatic heterocycles. The summed E-state index contributed by atoms with van der Waals surface area (Å²) in [4.78, 5) is 11.8. The summed E-state index contributed by atoms with van der Waals surface area (Å²) in [6.45, 7) is 2.46. The molecule has 2 amide bonds. The zero-order chi connectivity index (χ0) is 17.6. The summed E-state index contributed by atoms with van der Waals surface area (Å²) in [5, 5.41) is 6.68. The van der Waals surface area contributed by atoms with Crippen molar-refractivity contribution >= 4 is 38.8 Å². The van der Waals surface area contributed by atoms with E-state index in [0.29, 0.717) is 17.1 Å². The minimum absolute atomic E-state index is 0.0165. The van der Waals surface area contributed by atoms with Crippen molar-refractivity contribution in [2.45, 2.75) is 22.8 Å². The smallest absolute Gasteiger partial charge is 0.314 e. The summed E-state index contributed by atoms with van der Waals surface area (Å²) >= 11 is 7.05. The van der Waals surface area contributed by atoms with Gasteiger partial charge in [-0.25, -0.2) is 13.2 Å². The van der Waals surface area contributed by atoms with Crippen LogP contribution in [0.25, 0.3) is 0 Å². The van der Waals surface area contributed by atoms with Gasteiger partial charge in [-0.05, 0) is 35.6 Å². The number of benzene rings is 1. The second-order valence-electron chi connectivity index (χ2n) is 5.15. The highest BCUT2D eigenvalue weighted by Crippen LogP contribution is 2.31. The van der Waals surface area contributed by atoms with Gasteiger partial charge < -0.3 is 10.6 Å². The molecule has 8 heteroatoms. The van der Waals surface area contributed by atoms with E-state index < -0.39 is 15.1 Å². The van der Waals surface area contributed by atoms with Gasteiger partial charge in [-0.1, -0.05) is 36.7 Å². The normalized spacial score (nSPS) is 12.6. The average Bonchev–Trinajstić information content (AvgIpc) is 3.10. The monoisotopic (exact) mass is 386 g/mol. The van der Waals surface area contributed by atoms with Crippen LogP contribution in [0.2, 0.25) is 5.02 Å². The SMILES string of the molecule is CCCNC(=O)NC[C@@H](c1ccc(Cl)cc1)S(=O)(=O)c1cccs1. The highest BCUT2D eigenvalue weighted by molar-refractivity contribution is 7.93. The van der Waals surface area contributed by atoms with Gasteiger partial charge >= 0.3 is 6.03 Å². The van der Waals surface area contributed by atoms with Crippen molar-refractivity contribution in [3.8, 4) is 0 Å². The number of carbonyl (C=O) groups is 1. The highest BCUT2D eigenvalue weighted by atomic mass is 35.5. The zero-order valence-corrected chi connectivity index (χ0v) is 15.5. The van der Waals surface area contributed by atoms with Gasteiger partial charge in [0.25, 0.3) is 0 Å². The van der Waals surface area contributed by atoms with Crippen LogP contribution in [0.1, 0.15) is 24.2 Å². The van der Waals surface area contributed by atoms with Gasteiger partial charge in [-0.3, -0.25) is 0 Å². The maximum Gasteiger partial charge on any atom is 0.314 e. The second kappa shape index (κ2) is 8.50. The molecule has 2 rings (SSSR count). The standard InChI is InChI=1S/C16H19ClN2O3S2/c1-2-9-18-16(20)19-11-14(12-5-7-13(17)8-6-12)24(21,22)15-4-3-10-23-15/h3-8,10,14H,2,9,11H2,1H3,(H2,18,19,20)/t14-/m0/s1. The molecule has 0 aliphatic carbocycles. The van der Waals surface area contributed by atoms with Crippen molar-refractivity contribution in [2.24, 2.45) is 0 Å². The molecule has 1 aromatic carbocycles. The van der Waals surface area contributed by atoms with Crippen LogP contribution in [-0.2, 0) is 9.84 Å². The molecule has 5 nitrogen and oxygen atoms in total. The molecule has 0 aliphatic heterocycles. The average molecular weight is 387 g/mol. The third-order valence-electron chi connectivity index (χ3n) is 3.38. The van der Waals surface area contributed by atoms with E-state index >= 15 is 0 Å². The van der Waals surface area contributed by atoms with Crippen LogP contribution in [0.4, 0.5) is 4.79 Å². The van der Waals surface area contributed by atoms with Crippen molar-refractivity contribution in [1.29, 1.82) is 0 Å². The number of thiophene rings is 1. The first-order chi connectivity index (χ1) is 11.4. The van der Waals surface area contributed by atoms with Gasteiger partial charge in [0.05, 0.1) is 0 Å². The Bertz CT molecular complexity index is 759. The first-order valence-corrected chi connectivity index (χ1v) is 10.3. The van der Waals surface area contributed by atoms with Crippen molar-refractivity contribution in [3.05, 3.63) is 52.4 Å². The van der Waals surface area contributed by atoms with E-state index in [1.54, 1.807) is 41.8 Å². The molecule has 0 fully saturated rings. The van der Waals surface area contributed by atoms with E-state index in [1.807, 2.05) is 6.92 Å². The number of halogens is 1. The maximum atomic E-state index is 12.9. The molecule has 0 unspecified atom stereocenters. The lowest BCUT2D eigenvalue weighted by molar-refractivity contribution is 0.241. The Hall–Kier alpha value is -1.57. The molecule has 2 N–H and O–H groups in total. The molecule has 0 bridgehead atoms. The van der Waals surface area contributed by atoms with Crippen LogP contribution in [0.15, 0.2) is 46.0 Å². The Balaban J connectivity index is 2.25. The fourth-order valence-electron chi connectivity index (χ4n) is 2.14. The first-order valence-electron chi connectivity index (χ1n) is 7.49. The number of amides is 2. The van der Waals surface area contributed by atoms with Crippen LogP contribution in [-0.4, -0.2) is 27.5 Å². The third kappa shape index (κ3) is 4.72. The molecule has 24 heavy (non-hydrogen) atoms. The Kier molecular flexibility index (Phi) is 6.65. The summed E-state index contributed by atoms with van der Waals surface area (Å²) in [5.41, 5.74) is 0.587. The summed E-state index contributed by atoms with van der Waals surface area (Å²) < 4.78 is 26.1. The summed E-state index contributed by atoms with van der Waals surface area (Å²) in [5.74, 6) is 0. The first kappa shape index (κ1) is 18.8. The van der Waals surface area contributed by atoms with E-state index in [-0.39, 0.29) is 16.8 Å². The number of carbonyl (C=O) groups excluding carboxylic acids is 1. The van der Waals surface area contributed by atoms with Gasteiger partial charge in [0.15, 0.2) is 9.84 Å². The van der Waals surface area contributed by atoms with E-state index in [4.69, 9.17) is 11.6 Å². The fraction of sp³-hybridized carbons (Fsp3) is 0.312. The van der Waals surface area contributed by atoms with E-state index in [0.717, 1.165) is 17.8 Å². The van der Waals surface area contributed by atoms with Crippen LogP contribution in [0.3, 0.4) is 0 Å². The second-order valence-corrected chi connectivity index (χ2v) is 8.90. The van der Waals surface area contributed by atoms with Gasteiger partial charge in [0.2, 0.25) is 0 Å². The Labute approximate surface area is 151 Å². The van der Waals surface area contributed by atoms with Crippen molar-refractivity contribution in [3.63, 3.8) is 0 Å². The Morgan fingerprint density at radius 2 is 1.92 bits per heavy atom. The summed E-state index contributed by atoms with van der Waals surface area (Å²) in [6, 6.07) is 9.51. The van der Waals surface area contributed by atoms with Gasteiger partial charge in [-0.2, -0.15) is 0 Å². The molecule has 1 heterocycles. The lowest BCUT2D eigenvalue weighted by Gasteiger charge is -2.18. The van der Waals surface area contributed by atoms with Crippen LogP contribution >= 0.6 is 22.9 Å². The van der Waals surface area contributed by atoms with Crippen LogP contribution in [0.5, 0.6) is 0 Å². The topological polar surface area (TPSA) is 75.3 Å². The number of sulfone groups is 1. The highest BCUT2D eigenvalue weighted by Gasteiger charge is 2.30. The zero-order valence-electron chi connectivity index (χ0n) is 13.2. The molecule has 0 saturated carbocycles. The minimum atomic E-state index is -3.61. The van der Waals surface area contributed by atoms with Gasteiger partial charge in [0, 0.05) is 18.1 Å². The van der Waals surface area contributed by atoms with Crippen molar-refractivity contribution < 1.29 is 13.2 Å². The van der Waals surface area contributed by atoms with Gasteiger partial charge in [0.1, 0.15) is 9.46 Å².